The summed E-state index contributed by atoms with van der Waals surface area (Å²) in [6.07, 6.45) is 5.11. The minimum atomic E-state index is 0.321. The molecule has 0 fully saturated rings. The third-order valence-corrected chi connectivity index (χ3v) is 2.84. The lowest BCUT2D eigenvalue weighted by Gasteiger charge is -2.09. The van der Waals surface area contributed by atoms with Gasteiger partial charge in [-0.05, 0) is 37.1 Å². The van der Waals surface area contributed by atoms with Crippen LogP contribution in [-0.2, 0) is 0 Å². The number of terminal acetylenes is 1. The summed E-state index contributed by atoms with van der Waals surface area (Å²) in [6.45, 7) is 4.38. The first-order valence-electron chi connectivity index (χ1n) is 3.98. The summed E-state index contributed by atoms with van der Waals surface area (Å²) in [5.41, 5.74) is 2.32. The van der Waals surface area contributed by atoms with Crippen LogP contribution in [0.25, 0.3) is 0 Å². The van der Waals surface area contributed by atoms with Gasteiger partial charge in [-0.25, -0.2) is 0 Å². The van der Waals surface area contributed by atoms with Gasteiger partial charge in [0.25, 0.3) is 0 Å². The van der Waals surface area contributed by atoms with Crippen LogP contribution in [0.15, 0.2) is 16.6 Å². The zero-order valence-electron chi connectivity index (χ0n) is 7.73. The molecule has 0 aliphatic heterocycles. The molecule has 0 aromatic heterocycles. The molecule has 0 heterocycles. The zero-order valence-corrected chi connectivity index (χ0v) is 9.31. The normalized spacial score (nSPS) is 9.38. The Labute approximate surface area is 87.2 Å². The molecular weight excluding hydrogens is 228 g/mol. The monoisotopic (exact) mass is 238 g/mol. The molecule has 1 rings (SSSR count). The Bertz CT molecular complexity index is 350. The maximum absolute atomic E-state index is 5.36. The van der Waals surface area contributed by atoms with Gasteiger partial charge in [-0.1, -0.05) is 21.9 Å². The van der Waals surface area contributed by atoms with E-state index in [0.29, 0.717) is 6.61 Å². The van der Waals surface area contributed by atoms with E-state index in [9.17, 15) is 0 Å². The average molecular weight is 239 g/mol. The maximum atomic E-state index is 5.36. The lowest BCUT2D eigenvalue weighted by atomic mass is 10.1. The maximum Gasteiger partial charge on any atom is 0.148 e. The number of ether oxygens (including phenoxy) is 1. The molecule has 1 aromatic carbocycles. The van der Waals surface area contributed by atoms with Gasteiger partial charge in [0, 0.05) is 4.47 Å². The van der Waals surface area contributed by atoms with Crippen molar-refractivity contribution in [1.29, 1.82) is 0 Å². The fourth-order valence-corrected chi connectivity index (χ4v) is 1.47. The fourth-order valence-electron chi connectivity index (χ4n) is 1.04. The molecule has 0 radical (unpaired) electrons. The zero-order chi connectivity index (χ0) is 9.84. The van der Waals surface area contributed by atoms with Gasteiger partial charge < -0.3 is 4.74 Å². The van der Waals surface area contributed by atoms with Crippen molar-refractivity contribution in [2.75, 3.05) is 6.61 Å². The second kappa shape index (κ2) is 4.34. The van der Waals surface area contributed by atoms with E-state index in [0.717, 1.165) is 15.8 Å². The molecule has 0 atom stereocenters. The number of hydrogen-bond acceptors (Lipinski definition) is 1. The fraction of sp³-hybridized carbons (Fsp3) is 0.273. The van der Waals surface area contributed by atoms with Crippen molar-refractivity contribution in [2.45, 2.75) is 13.8 Å². The lowest BCUT2D eigenvalue weighted by molar-refractivity contribution is 0.367. The lowest BCUT2D eigenvalue weighted by Crippen LogP contribution is -1.97. The first-order chi connectivity index (χ1) is 6.16. The highest BCUT2D eigenvalue weighted by Crippen LogP contribution is 2.27. The van der Waals surface area contributed by atoms with Crippen LogP contribution < -0.4 is 4.74 Å². The third-order valence-electron chi connectivity index (χ3n) is 1.98. The number of benzene rings is 1. The van der Waals surface area contributed by atoms with Crippen molar-refractivity contribution in [2.24, 2.45) is 0 Å². The SMILES string of the molecule is C#CCOc1ccc(Br)c(C)c1C. The summed E-state index contributed by atoms with van der Waals surface area (Å²) in [5.74, 6) is 3.30. The minimum absolute atomic E-state index is 0.321. The molecule has 68 valence electrons. The van der Waals surface area contributed by atoms with E-state index in [-0.39, 0.29) is 0 Å². The minimum Gasteiger partial charge on any atom is -0.481 e. The average Bonchev–Trinajstić information content (AvgIpc) is 2.13. The van der Waals surface area contributed by atoms with Crippen LogP contribution in [0.5, 0.6) is 5.75 Å². The van der Waals surface area contributed by atoms with Crippen LogP contribution in [0.1, 0.15) is 11.1 Å². The van der Waals surface area contributed by atoms with Crippen LogP contribution in [0.4, 0.5) is 0 Å². The van der Waals surface area contributed by atoms with E-state index in [1.165, 1.54) is 5.56 Å². The van der Waals surface area contributed by atoms with Gasteiger partial charge >= 0.3 is 0 Å². The summed E-state index contributed by atoms with van der Waals surface area (Å²) in [7, 11) is 0. The standard InChI is InChI=1S/C11H11BrO/c1-4-7-13-11-6-5-10(12)8(2)9(11)3/h1,5-6H,7H2,2-3H3. The number of hydrogen-bond donors (Lipinski definition) is 0. The molecule has 0 aliphatic rings. The molecule has 1 aromatic rings. The highest BCUT2D eigenvalue weighted by Gasteiger charge is 2.04. The molecule has 0 amide bonds. The number of rotatable bonds is 2. The Hall–Kier alpha value is -0.940. The number of halogens is 1. The first kappa shape index (κ1) is 10.1. The Morgan fingerprint density at radius 3 is 2.69 bits per heavy atom. The molecule has 0 bridgehead atoms. The van der Waals surface area contributed by atoms with Gasteiger partial charge in [0.15, 0.2) is 0 Å². The van der Waals surface area contributed by atoms with Crippen LogP contribution in [-0.4, -0.2) is 6.61 Å². The highest BCUT2D eigenvalue weighted by atomic mass is 79.9. The van der Waals surface area contributed by atoms with E-state index < -0.39 is 0 Å². The molecule has 1 nitrogen and oxygen atoms in total. The summed E-state index contributed by atoms with van der Waals surface area (Å²) < 4.78 is 6.46. The Morgan fingerprint density at radius 2 is 2.08 bits per heavy atom. The van der Waals surface area contributed by atoms with Crippen LogP contribution in [0.2, 0.25) is 0 Å². The van der Waals surface area contributed by atoms with Gasteiger partial charge in [0.1, 0.15) is 12.4 Å². The quantitative estimate of drug-likeness (QED) is 0.720. The molecule has 0 N–H and O–H groups in total. The summed E-state index contributed by atoms with van der Waals surface area (Å²) >= 11 is 3.45. The van der Waals surface area contributed by atoms with E-state index in [1.807, 2.05) is 26.0 Å². The van der Waals surface area contributed by atoms with Gasteiger partial charge in [0.05, 0.1) is 0 Å². The van der Waals surface area contributed by atoms with Gasteiger partial charge in [-0.2, -0.15) is 0 Å². The van der Waals surface area contributed by atoms with Crippen LogP contribution >= 0.6 is 15.9 Å². The van der Waals surface area contributed by atoms with Crippen molar-refractivity contribution < 1.29 is 4.74 Å². The van der Waals surface area contributed by atoms with E-state index in [1.54, 1.807) is 0 Å². The molecular formula is C11H11BrO. The summed E-state index contributed by atoms with van der Waals surface area (Å²) in [4.78, 5) is 0. The van der Waals surface area contributed by atoms with Crippen molar-refractivity contribution >= 4 is 15.9 Å². The summed E-state index contributed by atoms with van der Waals surface area (Å²) in [5, 5.41) is 0. The van der Waals surface area contributed by atoms with Crippen LogP contribution in [0.3, 0.4) is 0 Å². The first-order valence-corrected chi connectivity index (χ1v) is 4.78. The smallest absolute Gasteiger partial charge is 0.148 e. The second-order valence-corrected chi connectivity index (χ2v) is 3.64. The molecule has 0 saturated carbocycles. The van der Waals surface area contributed by atoms with E-state index in [4.69, 9.17) is 11.2 Å². The topological polar surface area (TPSA) is 9.23 Å². The Morgan fingerprint density at radius 1 is 1.38 bits per heavy atom. The van der Waals surface area contributed by atoms with E-state index >= 15 is 0 Å². The van der Waals surface area contributed by atoms with Crippen molar-refractivity contribution in [1.82, 2.24) is 0 Å². The van der Waals surface area contributed by atoms with Gasteiger partial charge in [-0.15, -0.1) is 6.42 Å². The van der Waals surface area contributed by atoms with Crippen molar-refractivity contribution in [3.8, 4) is 18.1 Å². The van der Waals surface area contributed by atoms with Crippen LogP contribution in [0, 0.1) is 26.2 Å². The Balaban J connectivity index is 2.98. The summed E-state index contributed by atoms with van der Waals surface area (Å²) in [6, 6.07) is 3.89. The highest BCUT2D eigenvalue weighted by molar-refractivity contribution is 9.10. The van der Waals surface area contributed by atoms with Crippen molar-refractivity contribution in [3.63, 3.8) is 0 Å². The molecule has 13 heavy (non-hydrogen) atoms. The molecule has 0 aliphatic carbocycles. The molecule has 0 unspecified atom stereocenters. The Kier molecular flexibility index (Phi) is 3.39. The van der Waals surface area contributed by atoms with Crippen molar-refractivity contribution in [3.05, 3.63) is 27.7 Å². The molecule has 0 saturated heterocycles. The molecule has 0 spiro atoms. The third kappa shape index (κ3) is 2.26. The predicted molar refractivity (Wildman–Crippen MR) is 57.9 cm³/mol. The van der Waals surface area contributed by atoms with Gasteiger partial charge in [0.2, 0.25) is 0 Å². The van der Waals surface area contributed by atoms with Gasteiger partial charge in [-0.3, -0.25) is 0 Å². The van der Waals surface area contributed by atoms with E-state index in [2.05, 4.69) is 21.9 Å². The molecule has 2 heteroatoms. The predicted octanol–water partition coefficient (Wildman–Crippen LogP) is 3.08. The second-order valence-electron chi connectivity index (χ2n) is 2.79. The largest absolute Gasteiger partial charge is 0.481 e.